The molecule has 5 nitrogen and oxygen atoms in total. The average molecular weight is 407 g/mol. The normalized spacial score (nSPS) is 16.4. The summed E-state index contributed by atoms with van der Waals surface area (Å²) < 4.78 is 0. The number of amides is 1. The monoisotopic (exact) mass is 406 g/mol. The molecule has 1 atom stereocenters. The second-order valence-electron chi connectivity index (χ2n) is 7.35. The van der Waals surface area contributed by atoms with Crippen LogP contribution in [0.4, 0.5) is 5.69 Å². The highest BCUT2D eigenvalue weighted by Gasteiger charge is 2.26. The minimum Gasteiger partial charge on any atom is -0.325 e. The summed E-state index contributed by atoms with van der Waals surface area (Å²) in [6, 6.07) is 19.8. The third-order valence-electron chi connectivity index (χ3n) is 5.33. The predicted octanol–water partition coefficient (Wildman–Crippen LogP) is 3.95. The molecule has 1 amide bonds. The number of carbonyl (C=O) groups is 1. The molecule has 1 aliphatic rings. The van der Waals surface area contributed by atoms with Crippen molar-refractivity contribution in [2.75, 3.05) is 31.5 Å². The smallest absolute Gasteiger partial charge is 0.241 e. The van der Waals surface area contributed by atoms with Crippen molar-refractivity contribution in [1.82, 2.24) is 14.8 Å². The van der Waals surface area contributed by atoms with Crippen LogP contribution in [0.2, 0.25) is 0 Å². The highest BCUT2D eigenvalue weighted by molar-refractivity contribution is 7.13. The molecule has 150 valence electrons. The maximum Gasteiger partial charge on any atom is 0.241 e. The van der Waals surface area contributed by atoms with Crippen molar-refractivity contribution in [3.8, 4) is 10.6 Å². The Morgan fingerprint density at radius 2 is 1.69 bits per heavy atom. The lowest BCUT2D eigenvalue weighted by atomic mass is 10.2. The first-order valence-electron chi connectivity index (χ1n) is 10.0. The topological polar surface area (TPSA) is 48.5 Å². The molecule has 3 aromatic rings. The number of hydrogen-bond acceptors (Lipinski definition) is 5. The van der Waals surface area contributed by atoms with E-state index in [9.17, 15) is 4.79 Å². The van der Waals surface area contributed by atoms with Crippen LogP contribution in [0.3, 0.4) is 0 Å². The average Bonchev–Trinajstić information content (AvgIpc) is 3.23. The van der Waals surface area contributed by atoms with Crippen molar-refractivity contribution in [1.29, 1.82) is 0 Å². The van der Waals surface area contributed by atoms with Gasteiger partial charge in [0.2, 0.25) is 5.91 Å². The zero-order valence-corrected chi connectivity index (χ0v) is 17.4. The van der Waals surface area contributed by atoms with E-state index in [4.69, 9.17) is 4.98 Å². The lowest BCUT2D eigenvalue weighted by Gasteiger charge is -2.37. The molecule has 2 heterocycles. The molecule has 1 aromatic heterocycles. The number of aromatic nitrogens is 1. The minimum absolute atomic E-state index is 0.0525. The molecule has 29 heavy (non-hydrogen) atoms. The number of thiazole rings is 1. The van der Waals surface area contributed by atoms with E-state index in [-0.39, 0.29) is 11.9 Å². The highest BCUT2D eigenvalue weighted by atomic mass is 32.1. The molecule has 2 aromatic carbocycles. The van der Waals surface area contributed by atoms with Crippen LogP contribution in [0.5, 0.6) is 0 Å². The van der Waals surface area contributed by atoms with E-state index < -0.39 is 0 Å². The summed E-state index contributed by atoms with van der Waals surface area (Å²) in [5.74, 6) is 0.0525. The molecule has 6 heteroatoms. The van der Waals surface area contributed by atoms with E-state index in [1.165, 1.54) is 5.56 Å². The Morgan fingerprint density at radius 1 is 1.03 bits per heavy atom. The first kappa shape index (κ1) is 19.8. The van der Waals surface area contributed by atoms with Crippen molar-refractivity contribution < 1.29 is 4.79 Å². The number of anilines is 1. The summed E-state index contributed by atoms with van der Waals surface area (Å²) in [4.78, 5) is 22.0. The first-order chi connectivity index (χ1) is 14.2. The molecule has 4 rings (SSSR count). The maximum atomic E-state index is 12.5. The van der Waals surface area contributed by atoms with Gasteiger partial charge in [-0.25, -0.2) is 4.98 Å². The quantitative estimate of drug-likeness (QED) is 0.673. The van der Waals surface area contributed by atoms with Crippen molar-refractivity contribution >= 4 is 22.9 Å². The summed E-state index contributed by atoms with van der Waals surface area (Å²) in [5.41, 5.74) is 3.14. The van der Waals surface area contributed by atoms with Gasteiger partial charge >= 0.3 is 0 Å². The number of benzene rings is 2. The largest absolute Gasteiger partial charge is 0.325 e. The zero-order valence-electron chi connectivity index (χ0n) is 16.6. The van der Waals surface area contributed by atoms with Gasteiger partial charge in [-0.15, -0.1) is 11.3 Å². The number of nitrogens with zero attached hydrogens (tertiary/aromatic N) is 3. The molecule has 0 aliphatic carbocycles. The van der Waals surface area contributed by atoms with Gasteiger partial charge in [0.1, 0.15) is 5.01 Å². The van der Waals surface area contributed by atoms with Crippen LogP contribution in [0.1, 0.15) is 12.6 Å². The second-order valence-corrected chi connectivity index (χ2v) is 8.21. The Labute approximate surface area is 176 Å². The fourth-order valence-electron chi connectivity index (χ4n) is 3.56. The lowest BCUT2D eigenvalue weighted by molar-refractivity contribution is -0.121. The number of nitrogens with one attached hydrogen (secondary N) is 1. The van der Waals surface area contributed by atoms with Crippen molar-refractivity contribution in [2.24, 2.45) is 0 Å². The summed E-state index contributed by atoms with van der Waals surface area (Å²) in [6.45, 7) is 6.52. The summed E-state index contributed by atoms with van der Waals surface area (Å²) in [7, 11) is 0. The van der Waals surface area contributed by atoms with Gasteiger partial charge in [-0.3, -0.25) is 14.6 Å². The zero-order chi connectivity index (χ0) is 20.1. The summed E-state index contributed by atoms with van der Waals surface area (Å²) in [5, 5.41) is 6.24. The first-order valence-corrected chi connectivity index (χ1v) is 10.9. The molecule has 0 spiro atoms. The highest BCUT2D eigenvalue weighted by Crippen LogP contribution is 2.24. The fourth-order valence-corrected chi connectivity index (χ4v) is 4.38. The van der Waals surface area contributed by atoms with E-state index in [1.54, 1.807) is 11.3 Å². The maximum absolute atomic E-state index is 12.5. The van der Waals surface area contributed by atoms with Gasteiger partial charge in [-0.05, 0) is 19.1 Å². The lowest BCUT2D eigenvalue weighted by Crippen LogP contribution is -2.52. The van der Waals surface area contributed by atoms with Crippen LogP contribution in [-0.4, -0.2) is 52.9 Å². The number of rotatable bonds is 6. The molecular weight excluding hydrogens is 380 g/mol. The second kappa shape index (κ2) is 9.31. The molecule has 1 saturated heterocycles. The minimum atomic E-state index is -0.138. The molecule has 0 unspecified atom stereocenters. The van der Waals surface area contributed by atoms with Crippen molar-refractivity contribution in [3.63, 3.8) is 0 Å². The Morgan fingerprint density at radius 3 is 2.38 bits per heavy atom. The summed E-state index contributed by atoms with van der Waals surface area (Å²) >= 11 is 1.70. The van der Waals surface area contributed by atoms with Crippen LogP contribution in [0.15, 0.2) is 66.0 Å². The molecule has 1 fully saturated rings. The standard InChI is InChI=1S/C23H26N4OS/c1-18(22(28)24-20-10-6-3-7-11-20)27-14-12-26(13-15-27)16-21-17-29-23(25-21)19-8-4-2-5-9-19/h2-11,17-18H,12-16H2,1H3,(H,24,28)/t18-/m0/s1. The van der Waals surface area contributed by atoms with Crippen LogP contribution < -0.4 is 5.32 Å². The number of piperazine rings is 1. The Hall–Kier alpha value is -2.54. The Bertz CT molecular complexity index is 920. The van der Waals surface area contributed by atoms with Gasteiger partial charge < -0.3 is 5.32 Å². The number of hydrogen-bond donors (Lipinski definition) is 1. The van der Waals surface area contributed by atoms with Crippen molar-refractivity contribution in [3.05, 3.63) is 71.7 Å². The van der Waals surface area contributed by atoms with E-state index >= 15 is 0 Å². The van der Waals surface area contributed by atoms with Gasteiger partial charge in [-0.2, -0.15) is 0 Å². The molecular formula is C23H26N4OS. The summed E-state index contributed by atoms with van der Waals surface area (Å²) in [6.07, 6.45) is 0. The molecule has 1 aliphatic heterocycles. The predicted molar refractivity (Wildman–Crippen MR) is 119 cm³/mol. The van der Waals surface area contributed by atoms with Gasteiger partial charge in [0.05, 0.1) is 11.7 Å². The van der Waals surface area contributed by atoms with Crippen molar-refractivity contribution in [2.45, 2.75) is 19.5 Å². The van der Waals surface area contributed by atoms with Gasteiger partial charge in [-0.1, -0.05) is 48.5 Å². The van der Waals surface area contributed by atoms with Crippen LogP contribution >= 0.6 is 11.3 Å². The van der Waals surface area contributed by atoms with Gasteiger partial charge in [0.25, 0.3) is 0 Å². The third-order valence-corrected chi connectivity index (χ3v) is 6.27. The van der Waals surface area contributed by atoms with Gasteiger partial charge in [0.15, 0.2) is 0 Å². The number of carbonyl (C=O) groups excluding carboxylic acids is 1. The fraction of sp³-hybridized carbons (Fsp3) is 0.304. The number of para-hydroxylation sites is 1. The van der Waals surface area contributed by atoms with Gasteiger partial charge in [0, 0.05) is 49.4 Å². The third kappa shape index (κ3) is 5.09. The molecule has 0 saturated carbocycles. The Balaban J connectivity index is 1.27. The molecule has 0 bridgehead atoms. The molecule has 1 N–H and O–H groups in total. The van der Waals surface area contributed by atoms with Crippen LogP contribution in [0.25, 0.3) is 10.6 Å². The SMILES string of the molecule is C[C@@H](C(=O)Nc1ccccc1)N1CCN(Cc2csc(-c3ccccc3)n2)CC1. The molecule has 0 radical (unpaired) electrons. The van der Waals surface area contributed by atoms with Crippen LogP contribution in [-0.2, 0) is 11.3 Å². The Kier molecular flexibility index (Phi) is 6.34. The van der Waals surface area contributed by atoms with E-state index in [0.717, 1.165) is 49.1 Å². The van der Waals surface area contributed by atoms with E-state index in [1.807, 2.05) is 55.5 Å². The van der Waals surface area contributed by atoms with Crippen LogP contribution in [0, 0.1) is 0 Å². The van der Waals surface area contributed by atoms with E-state index in [0.29, 0.717) is 0 Å². The van der Waals surface area contributed by atoms with E-state index in [2.05, 4.69) is 32.6 Å².